The Bertz CT molecular complexity index is 344. The highest BCUT2D eigenvalue weighted by atomic mass is 35.5. The van der Waals surface area contributed by atoms with E-state index in [0.29, 0.717) is 11.1 Å². The highest BCUT2D eigenvalue weighted by Gasteiger charge is 2.16. The molecular formula is C9H11ClFNO2. The summed E-state index contributed by atoms with van der Waals surface area (Å²) >= 11 is 0. The van der Waals surface area contributed by atoms with E-state index in [0.717, 1.165) is 6.07 Å². The zero-order valence-electron chi connectivity index (χ0n) is 7.53. The molecule has 5 heteroatoms. The third-order valence-electron chi connectivity index (χ3n) is 1.84. The fourth-order valence-corrected chi connectivity index (χ4v) is 1.08. The van der Waals surface area contributed by atoms with E-state index >= 15 is 0 Å². The molecule has 0 amide bonds. The first-order chi connectivity index (χ1) is 6.02. The van der Waals surface area contributed by atoms with Gasteiger partial charge in [0.1, 0.15) is 11.9 Å². The number of carbonyl (C=O) groups is 1. The van der Waals surface area contributed by atoms with Gasteiger partial charge >= 0.3 is 5.97 Å². The van der Waals surface area contributed by atoms with Gasteiger partial charge in [0.15, 0.2) is 0 Å². The van der Waals surface area contributed by atoms with E-state index in [1.54, 1.807) is 6.92 Å². The Morgan fingerprint density at radius 1 is 1.57 bits per heavy atom. The number of halogens is 2. The van der Waals surface area contributed by atoms with Crippen molar-refractivity contribution in [2.45, 2.75) is 13.0 Å². The van der Waals surface area contributed by atoms with Crippen LogP contribution in [0, 0.1) is 12.7 Å². The average molecular weight is 220 g/mol. The lowest BCUT2D eigenvalue weighted by Crippen LogP contribution is -2.21. The predicted molar refractivity (Wildman–Crippen MR) is 52.9 cm³/mol. The number of carboxylic acids is 1. The van der Waals surface area contributed by atoms with Gasteiger partial charge in [-0.1, -0.05) is 6.07 Å². The third kappa shape index (κ3) is 2.68. The molecule has 0 spiro atoms. The minimum absolute atomic E-state index is 0. The number of hydrogen-bond donors (Lipinski definition) is 2. The van der Waals surface area contributed by atoms with Crippen molar-refractivity contribution in [3.05, 3.63) is 35.1 Å². The molecule has 14 heavy (non-hydrogen) atoms. The minimum atomic E-state index is -1.16. The van der Waals surface area contributed by atoms with Crippen LogP contribution in [0.3, 0.4) is 0 Å². The van der Waals surface area contributed by atoms with Crippen molar-refractivity contribution in [3.8, 4) is 0 Å². The number of carboxylic acid groups (broad SMARTS) is 1. The molecular weight excluding hydrogens is 209 g/mol. The molecule has 1 aromatic carbocycles. The number of benzene rings is 1. The summed E-state index contributed by atoms with van der Waals surface area (Å²) in [7, 11) is 0. The first-order valence-electron chi connectivity index (χ1n) is 3.77. The quantitative estimate of drug-likeness (QED) is 0.795. The van der Waals surface area contributed by atoms with Gasteiger partial charge in [-0.15, -0.1) is 12.4 Å². The topological polar surface area (TPSA) is 63.3 Å². The zero-order valence-corrected chi connectivity index (χ0v) is 8.34. The molecule has 0 heterocycles. The van der Waals surface area contributed by atoms with Crippen LogP contribution >= 0.6 is 12.4 Å². The van der Waals surface area contributed by atoms with Crippen LogP contribution in [0.25, 0.3) is 0 Å². The van der Waals surface area contributed by atoms with Gasteiger partial charge in [-0.3, -0.25) is 4.79 Å². The van der Waals surface area contributed by atoms with Gasteiger partial charge < -0.3 is 10.8 Å². The van der Waals surface area contributed by atoms with Gasteiger partial charge in [0.2, 0.25) is 0 Å². The van der Waals surface area contributed by atoms with E-state index in [1.807, 2.05) is 0 Å². The van der Waals surface area contributed by atoms with Crippen LogP contribution < -0.4 is 5.73 Å². The molecule has 1 rings (SSSR count). The van der Waals surface area contributed by atoms with Crippen LogP contribution in [0.5, 0.6) is 0 Å². The van der Waals surface area contributed by atoms with Crippen molar-refractivity contribution in [3.63, 3.8) is 0 Å². The van der Waals surface area contributed by atoms with Crippen LogP contribution in [-0.2, 0) is 4.79 Å². The van der Waals surface area contributed by atoms with Crippen molar-refractivity contribution in [2.75, 3.05) is 0 Å². The summed E-state index contributed by atoms with van der Waals surface area (Å²) in [4.78, 5) is 10.5. The molecule has 0 bridgehead atoms. The van der Waals surface area contributed by atoms with Crippen LogP contribution in [0.1, 0.15) is 17.2 Å². The Morgan fingerprint density at radius 3 is 2.64 bits per heavy atom. The summed E-state index contributed by atoms with van der Waals surface area (Å²) in [6, 6.07) is 2.77. The summed E-state index contributed by atoms with van der Waals surface area (Å²) in [6.45, 7) is 1.69. The first kappa shape index (κ1) is 12.9. The maximum absolute atomic E-state index is 12.7. The van der Waals surface area contributed by atoms with Crippen LogP contribution in [0.15, 0.2) is 18.2 Å². The standard InChI is InChI=1S/C9H10FNO2.ClH/c1-5-2-3-6(10)4-7(5)8(11)9(12)13;/h2-4,8H,11H2,1H3,(H,12,13);1H/t8-;/m1./s1. The van der Waals surface area contributed by atoms with Crippen molar-refractivity contribution >= 4 is 18.4 Å². The zero-order chi connectivity index (χ0) is 10.0. The molecule has 0 saturated heterocycles. The van der Waals surface area contributed by atoms with Crippen molar-refractivity contribution in [1.29, 1.82) is 0 Å². The van der Waals surface area contributed by atoms with E-state index in [-0.39, 0.29) is 12.4 Å². The van der Waals surface area contributed by atoms with E-state index in [2.05, 4.69) is 0 Å². The third-order valence-corrected chi connectivity index (χ3v) is 1.84. The molecule has 0 aliphatic carbocycles. The Labute approximate surface area is 87.1 Å². The normalized spacial score (nSPS) is 11.6. The molecule has 0 aliphatic rings. The molecule has 0 unspecified atom stereocenters. The highest BCUT2D eigenvalue weighted by molar-refractivity contribution is 5.85. The minimum Gasteiger partial charge on any atom is -0.480 e. The predicted octanol–water partition coefficient (Wildman–Crippen LogP) is 1.64. The molecule has 1 aromatic rings. The Balaban J connectivity index is 0.00000169. The van der Waals surface area contributed by atoms with Crippen LogP contribution in [-0.4, -0.2) is 11.1 Å². The van der Waals surface area contributed by atoms with Gasteiger partial charge in [0.05, 0.1) is 0 Å². The molecule has 3 nitrogen and oxygen atoms in total. The van der Waals surface area contributed by atoms with E-state index in [1.165, 1.54) is 12.1 Å². The molecule has 0 saturated carbocycles. The Kier molecular flexibility index (Phi) is 4.53. The molecule has 0 fully saturated rings. The van der Waals surface area contributed by atoms with Gasteiger partial charge in [-0.2, -0.15) is 0 Å². The van der Waals surface area contributed by atoms with Gasteiger partial charge in [-0.05, 0) is 30.2 Å². The summed E-state index contributed by atoms with van der Waals surface area (Å²) in [6.07, 6.45) is 0. The van der Waals surface area contributed by atoms with Gasteiger partial charge in [0, 0.05) is 0 Å². The smallest absolute Gasteiger partial charge is 0.325 e. The summed E-state index contributed by atoms with van der Waals surface area (Å²) in [5.41, 5.74) is 6.33. The SMILES string of the molecule is Cc1ccc(F)cc1[C@@H](N)C(=O)O.Cl. The first-order valence-corrected chi connectivity index (χ1v) is 3.77. The fourth-order valence-electron chi connectivity index (χ4n) is 1.08. The summed E-state index contributed by atoms with van der Waals surface area (Å²) in [5, 5.41) is 8.60. The fraction of sp³-hybridized carbons (Fsp3) is 0.222. The Hall–Kier alpha value is -1.13. The number of rotatable bonds is 2. The highest BCUT2D eigenvalue weighted by Crippen LogP contribution is 2.16. The second-order valence-corrected chi connectivity index (χ2v) is 2.82. The number of hydrogen-bond acceptors (Lipinski definition) is 2. The molecule has 0 aliphatic heterocycles. The Morgan fingerprint density at radius 2 is 2.14 bits per heavy atom. The lowest BCUT2D eigenvalue weighted by molar-refractivity contribution is -0.138. The number of nitrogens with two attached hydrogens (primary N) is 1. The van der Waals surface area contributed by atoms with Crippen LogP contribution in [0.4, 0.5) is 4.39 Å². The van der Waals surface area contributed by atoms with Crippen molar-refractivity contribution in [1.82, 2.24) is 0 Å². The number of aliphatic carboxylic acids is 1. The van der Waals surface area contributed by atoms with Crippen molar-refractivity contribution < 1.29 is 14.3 Å². The monoisotopic (exact) mass is 219 g/mol. The largest absolute Gasteiger partial charge is 0.480 e. The maximum atomic E-state index is 12.7. The lowest BCUT2D eigenvalue weighted by atomic mass is 10.0. The van der Waals surface area contributed by atoms with E-state index < -0.39 is 17.8 Å². The summed E-state index contributed by atoms with van der Waals surface area (Å²) < 4.78 is 12.7. The van der Waals surface area contributed by atoms with E-state index in [9.17, 15) is 9.18 Å². The molecule has 0 aromatic heterocycles. The van der Waals surface area contributed by atoms with Gasteiger partial charge in [-0.25, -0.2) is 4.39 Å². The summed E-state index contributed by atoms with van der Waals surface area (Å²) in [5.74, 6) is -1.63. The van der Waals surface area contributed by atoms with Crippen LogP contribution in [0.2, 0.25) is 0 Å². The molecule has 3 N–H and O–H groups in total. The lowest BCUT2D eigenvalue weighted by Gasteiger charge is -2.09. The average Bonchev–Trinajstić information content (AvgIpc) is 2.08. The molecule has 0 radical (unpaired) electrons. The molecule has 1 atom stereocenters. The van der Waals surface area contributed by atoms with E-state index in [4.69, 9.17) is 10.8 Å². The van der Waals surface area contributed by atoms with Gasteiger partial charge in [0.25, 0.3) is 0 Å². The second-order valence-electron chi connectivity index (χ2n) is 2.82. The molecule has 78 valence electrons. The second kappa shape index (κ2) is 4.93. The van der Waals surface area contributed by atoms with Crippen molar-refractivity contribution in [2.24, 2.45) is 5.73 Å². The number of aryl methyl sites for hydroxylation is 1. The maximum Gasteiger partial charge on any atom is 0.325 e.